The summed E-state index contributed by atoms with van der Waals surface area (Å²) in [6, 6.07) is 6.90. The largest absolute Gasteiger partial charge is 0.507 e. The number of rotatable bonds is 3. The van der Waals surface area contributed by atoms with Gasteiger partial charge >= 0.3 is 0 Å². The number of thiophene rings is 1. The molecule has 0 saturated carbocycles. The smallest absolute Gasteiger partial charge is 0.255 e. The molecule has 2 aromatic rings. The zero-order chi connectivity index (χ0) is 15.2. The average Bonchev–Trinajstić information content (AvgIpc) is 2.90. The van der Waals surface area contributed by atoms with E-state index in [-0.39, 0.29) is 17.2 Å². The lowest BCUT2D eigenvalue weighted by molar-refractivity contribution is 0.0948. The first kappa shape index (κ1) is 15.1. The first-order valence-corrected chi connectivity index (χ1v) is 7.32. The zero-order valence-electron chi connectivity index (χ0n) is 11.6. The second-order valence-corrected chi connectivity index (χ2v) is 5.51. The molecule has 21 heavy (non-hydrogen) atoms. The molecule has 4 nitrogen and oxygen atoms in total. The fourth-order valence-electron chi connectivity index (χ4n) is 1.79. The number of nitrogens with two attached hydrogens (primary N) is 1. The molecule has 5 heteroatoms. The van der Waals surface area contributed by atoms with E-state index in [1.165, 1.54) is 11.3 Å². The van der Waals surface area contributed by atoms with Gasteiger partial charge in [-0.2, -0.15) is 0 Å². The molecule has 0 aliphatic heterocycles. The van der Waals surface area contributed by atoms with Gasteiger partial charge in [0.25, 0.3) is 5.91 Å². The summed E-state index contributed by atoms with van der Waals surface area (Å²) >= 11 is 1.52. The number of aryl methyl sites for hydroxylation is 1. The molecule has 0 bridgehead atoms. The van der Waals surface area contributed by atoms with Crippen LogP contribution in [-0.4, -0.2) is 17.6 Å². The van der Waals surface area contributed by atoms with Crippen molar-refractivity contribution < 1.29 is 9.90 Å². The Morgan fingerprint density at radius 1 is 1.43 bits per heavy atom. The molecule has 4 N–H and O–H groups in total. The number of carbonyl (C=O) groups excluding carboxylic acids is 1. The Labute approximate surface area is 127 Å². The third-order valence-electron chi connectivity index (χ3n) is 2.81. The highest BCUT2D eigenvalue weighted by Gasteiger charge is 2.11. The maximum atomic E-state index is 12.0. The lowest BCUT2D eigenvalue weighted by Crippen LogP contribution is -2.22. The minimum Gasteiger partial charge on any atom is -0.507 e. The monoisotopic (exact) mass is 300 g/mol. The highest BCUT2D eigenvalue weighted by molar-refractivity contribution is 7.10. The fraction of sp³-hybridized carbons (Fsp3) is 0.188. The lowest BCUT2D eigenvalue weighted by atomic mass is 10.1. The Morgan fingerprint density at radius 2 is 2.24 bits per heavy atom. The maximum Gasteiger partial charge on any atom is 0.255 e. The van der Waals surface area contributed by atoms with Gasteiger partial charge in [0.2, 0.25) is 0 Å². The van der Waals surface area contributed by atoms with Crippen LogP contribution < -0.4 is 11.1 Å². The molecule has 1 heterocycles. The van der Waals surface area contributed by atoms with Crippen LogP contribution in [0.3, 0.4) is 0 Å². The minimum atomic E-state index is -0.296. The molecular weight excluding hydrogens is 284 g/mol. The lowest BCUT2D eigenvalue weighted by Gasteiger charge is -2.06. The second kappa shape index (κ2) is 6.93. The highest BCUT2D eigenvalue weighted by atomic mass is 32.1. The highest BCUT2D eigenvalue weighted by Crippen LogP contribution is 2.19. The van der Waals surface area contributed by atoms with Crippen molar-refractivity contribution in [1.82, 2.24) is 5.32 Å². The van der Waals surface area contributed by atoms with Crippen LogP contribution in [0.2, 0.25) is 0 Å². The van der Waals surface area contributed by atoms with Crippen LogP contribution in [0, 0.1) is 18.8 Å². The molecule has 0 unspecified atom stereocenters. The molecule has 0 spiro atoms. The summed E-state index contributed by atoms with van der Waals surface area (Å²) < 4.78 is 0. The van der Waals surface area contributed by atoms with E-state index < -0.39 is 0 Å². The molecule has 1 amide bonds. The third-order valence-corrected chi connectivity index (χ3v) is 3.75. The molecule has 0 fully saturated rings. The van der Waals surface area contributed by atoms with Crippen LogP contribution >= 0.6 is 11.3 Å². The molecule has 2 rings (SSSR count). The van der Waals surface area contributed by atoms with E-state index in [2.05, 4.69) is 17.2 Å². The molecule has 0 radical (unpaired) electrons. The van der Waals surface area contributed by atoms with E-state index in [0.717, 1.165) is 16.0 Å². The fourth-order valence-corrected chi connectivity index (χ4v) is 2.54. The van der Waals surface area contributed by atoms with Crippen LogP contribution in [0.25, 0.3) is 0 Å². The summed E-state index contributed by atoms with van der Waals surface area (Å²) in [6.07, 6.45) is 0. The van der Waals surface area contributed by atoms with E-state index in [1.807, 2.05) is 18.4 Å². The van der Waals surface area contributed by atoms with E-state index in [1.54, 1.807) is 18.2 Å². The zero-order valence-corrected chi connectivity index (χ0v) is 12.5. The number of phenols is 1. The molecule has 1 aromatic heterocycles. The van der Waals surface area contributed by atoms with E-state index >= 15 is 0 Å². The van der Waals surface area contributed by atoms with Gasteiger partial charge in [0.05, 0.1) is 18.7 Å². The van der Waals surface area contributed by atoms with Crippen molar-refractivity contribution in [2.24, 2.45) is 5.73 Å². The summed E-state index contributed by atoms with van der Waals surface area (Å²) in [5.41, 5.74) is 7.40. The van der Waals surface area contributed by atoms with Gasteiger partial charge in [0.15, 0.2) is 0 Å². The summed E-state index contributed by atoms with van der Waals surface area (Å²) in [6.45, 7) is 2.59. The number of nitrogens with one attached hydrogen (secondary N) is 1. The predicted octanol–water partition coefficient (Wildman–Crippen LogP) is 2.00. The van der Waals surface area contributed by atoms with Crippen molar-refractivity contribution >= 4 is 17.2 Å². The Bertz CT molecular complexity index is 711. The van der Waals surface area contributed by atoms with Crippen LogP contribution in [0.4, 0.5) is 0 Å². The van der Waals surface area contributed by atoms with Crippen LogP contribution in [0.15, 0.2) is 29.6 Å². The van der Waals surface area contributed by atoms with Crippen molar-refractivity contribution in [1.29, 1.82) is 0 Å². The third kappa shape index (κ3) is 4.09. The van der Waals surface area contributed by atoms with Gasteiger partial charge in [-0.15, -0.1) is 11.3 Å². The second-order valence-electron chi connectivity index (χ2n) is 4.51. The SMILES string of the molecule is Cc1ccc(C(=O)NCc2cc(C#CCN)cs2)c(O)c1. The number of hydrogen-bond donors (Lipinski definition) is 3. The normalized spacial score (nSPS) is 9.81. The number of carbonyl (C=O) groups is 1. The van der Waals surface area contributed by atoms with E-state index in [9.17, 15) is 9.90 Å². The molecule has 0 atom stereocenters. The quantitative estimate of drug-likeness (QED) is 0.759. The van der Waals surface area contributed by atoms with Gasteiger partial charge in [0.1, 0.15) is 5.75 Å². The van der Waals surface area contributed by atoms with Crippen molar-refractivity contribution in [3.63, 3.8) is 0 Å². The number of amides is 1. The molecule has 0 aliphatic rings. The van der Waals surface area contributed by atoms with Crippen LogP contribution in [0.5, 0.6) is 5.75 Å². The van der Waals surface area contributed by atoms with Crippen LogP contribution in [0.1, 0.15) is 26.4 Å². The summed E-state index contributed by atoms with van der Waals surface area (Å²) in [7, 11) is 0. The van der Waals surface area contributed by atoms with Gasteiger partial charge < -0.3 is 16.2 Å². The van der Waals surface area contributed by atoms with Gasteiger partial charge in [-0.1, -0.05) is 17.9 Å². The van der Waals surface area contributed by atoms with Gasteiger partial charge in [-0.3, -0.25) is 4.79 Å². The topological polar surface area (TPSA) is 75.4 Å². The molecule has 1 aromatic carbocycles. The summed E-state index contributed by atoms with van der Waals surface area (Å²) in [4.78, 5) is 13.0. The van der Waals surface area contributed by atoms with Gasteiger partial charge in [0, 0.05) is 15.8 Å². The van der Waals surface area contributed by atoms with Crippen molar-refractivity contribution in [2.45, 2.75) is 13.5 Å². The van der Waals surface area contributed by atoms with Crippen molar-refractivity contribution in [2.75, 3.05) is 6.54 Å². The van der Waals surface area contributed by atoms with Gasteiger partial charge in [-0.05, 0) is 30.7 Å². The molecule has 0 aliphatic carbocycles. The number of aromatic hydroxyl groups is 1. The minimum absolute atomic E-state index is 0.00631. The van der Waals surface area contributed by atoms with Gasteiger partial charge in [-0.25, -0.2) is 0 Å². The summed E-state index contributed by atoms with van der Waals surface area (Å²) in [5, 5.41) is 14.5. The molecule has 108 valence electrons. The standard InChI is InChI=1S/C16H16N2O2S/c1-11-4-5-14(15(19)7-11)16(20)18-9-13-8-12(10-21-13)3-2-6-17/h4-5,7-8,10,19H,6,9,17H2,1H3,(H,18,20). The number of phenolic OH excluding ortho intramolecular Hbond substituents is 1. The van der Waals surface area contributed by atoms with Crippen LogP contribution in [-0.2, 0) is 6.54 Å². The van der Waals surface area contributed by atoms with Crippen molar-refractivity contribution in [3.8, 4) is 17.6 Å². The van der Waals surface area contributed by atoms with E-state index in [4.69, 9.17) is 5.73 Å². The average molecular weight is 300 g/mol. The molecule has 0 saturated heterocycles. The number of hydrogen-bond acceptors (Lipinski definition) is 4. The molecular formula is C16H16N2O2S. The first-order valence-electron chi connectivity index (χ1n) is 6.44. The Balaban J connectivity index is 1.99. The van der Waals surface area contributed by atoms with Crippen molar-refractivity contribution in [3.05, 3.63) is 51.2 Å². The summed E-state index contributed by atoms with van der Waals surface area (Å²) in [5.74, 6) is 5.43. The maximum absolute atomic E-state index is 12.0. The first-order chi connectivity index (χ1) is 10.1. The Morgan fingerprint density at radius 3 is 2.95 bits per heavy atom. The Hall–Kier alpha value is -2.29. The number of benzene rings is 1. The predicted molar refractivity (Wildman–Crippen MR) is 84.3 cm³/mol. The van der Waals surface area contributed by atoms with E-state index in [0.29, 0.717) is 13.1 Å². The Kier molecular flexibility index (Phi) is 4.99.